The fourth-order valence-electron chi connectivity index (χ4n) is 18.4. The standard InChI is InChI=1S/C82H140N3O25P/c1-8-10-12-14-16-18-20-22-24-26-28-30-32-34-70(90)99-53-63(107-71(91)35-33-31-29-27-25-23-21-19-17-15-13-11-9-2)54-103-111(96,97)102-47-46-83-68(87)55-100-84-45-41-73(104-57(3)51-85-101-56-69(88)89)109-77-58(4)105-74(50-67(77)86)110-78-59(5)106-79(76(94)75(78)93)108-62-38-42-80(6)61(49-62)36-37-66-65(80)39-43-81(7)64(40-44-82(66,81)95)60-48-72(92)98-52-60/h45,48,51,57-59,61-67,73-79,86,93-95H,8-44,46-47,49-50,52-56H2,1-7H3,(H,83,87)(H,88,89)(H,96,97)/b84-45+,85-51+. The predicted molar refractivity (Wildman–Crippen MR) is 413 cm³/mol. The first kappa shape index (κ1) is 93.9. The third-order valence-electron chi connectivity index (χ3n) is 24.6. The molecular formula is C82H140N3O25P. The van der Waals surface area contributed by atoms with Crippen LogP contribution in [0, 0.1) is 34.5 Å². The summed E-state index contributed by atoms with van der Waals surface area (Å²) in [7, 11) is -4.78. The summed E-state index contributed by atoms with van der Waals surface area (Å²) in [6, 6.07) is 0. The molecule has 6 fully saturated rings. The SMILES string of the molecule is CCCCCCCCCCCCCCCC(=O)OCC(COP(=O)(O)OCCNC(=O)CO/N=C/CC(OC(C)/C=N/OCC(=O)O)OC1C(O)CC(OC2C(C)OC(OC3CCC4(C)C(CCC5C4CCC4(C)C(C6=CC(=O)OC6)CCC54O)C3)C(O)C2O)OC1C)OC(=O)CCCCCCCCCCCCCCC. The number of carboxylic acid groups (broad SMARTS) is 1. The Kier molecular flexibility index (Phi) is 41.5. The van der Waals surface area contributed by atoms with Crippen molar-refractivity contribution in [3.05, 3.63) is 11.6 Å². The van der Waals surface area contributed by atoms with Crippen LogP contribution >= 0.6 is 7.82 Å². The number of phosphoric acid groups is 1. The summed E-state index contributed by atoms with van der Waals surface area (Å²) in [6.07, 6.45) is 28.1. The molecule has 29 heteroatoms. The number of esters is 3. The Morgan fingerprint density at radius 2 is 1.29 bits per heavy atom. The normalized spacial score (nSPS) is 31.4. The molecule has 111 heavy (non-hydrogen) atoms. The van der Waals surface area contributed by atoms with Gasteiger partial charge >= 0.3 is 31.7 Å². The van der Waals surface area contributed by atoms with Crippen LogP contribution in [0.1, 0.15) is 299 Å². The number of unbranched alkanes of at least 4 members (excludes halogenated alkanes) is 24. The molecule has 4 aliphatic carbocycles. The van der Waals surface area contributed by atoms with Crippen LogP contribution < -0.4 is 5.32 Å². The average molecular weight is 1600 g/mol. The van der Waals surface area contributed by atoms with Gasteiger partial charge in [-0.25, -0.2) is 14.2 Å². The third kappa shape index (κ3) is 30.6. The van der Waals surface area contributed by atoms with E-state index in [0.717, 1.165) is 102 Å². The Morgan fingerprint density at radius 1 is 0.685 bits per heavy atom. The van der Waals surface area contributed by atoms with Gasteiger partial charge in [-0.2, -0.15) is 0 Å². The maximum atomic E-state index is 13.0. The molecule has 7 N–H and O–H groups in total. The van der Waals surface area contributed by atoms with Gasteiger partial charge in [0.05, 0.1) is 55.5 Å². The Balaban J connectivity index is 0.808. The number of oxime groups is 2. The number of aliphatic hydroxyl groups is 4. The van der Waals surface area contributed by atoms with Crippen molar-refractivity contribution in [2.75, 3.05) is 46.2 Å². The van der Waals surface area contributed by atoms with Gasteiger partial charge in [0.1, 0.15) is 37.6 Å². The summed E-state index contributed by atoms with van der Waals surface area (Å²) in [5.74, 6) is -2.32. The van der Waals surface area contributed by atoms with Crippen LogP contribution in [-0.2, 0) is 89.9 Å². The molecule has 2 saturated heterocycles. The maximum Gasteiger partial charge on any atom is 0.472 e. The molecule has 0 aromatic rings. The summed E-state index contributed by atoms with van der Waals surface area (Å²) >= 11 is 0. The summed E-state index contributed by atoms with van der Waals surface area (Å²) in [5.41, 5.74) is -0.170. The van der Waals surface area contributed by atoms with Crippen LogP contribution in [-0.4, -0.2) is 204 Å². The van der Waals surface area contributed by atoms with E-state index in [9.17, 15) is 53.9 Å². The first-order chi connectivity index (χ1) is 53.3. The van der Waals surface area contributed by atoms with E-state index >= 15 is 0 Å². The molecule has 21 atom stereocenters. The molecule has 0 aromatic heterocycles. The lowest BCUT2D eigenvalue weighted by Crippen LogP contribution is -2.63. The Hall–Kier alpha value is -4.26. The minimum absolute atomic E-state index is 0.0199. The van der Waals surface area contributed by atoms with Crippen LogP contribution in [0.25, 0.3) is 0 Å². The number of carbonyl (C=O) groups excluding carboxylic acids is 4. The number of ether oxygens (including phenoxy) is 9. The molecule has 0 radical (unpaired) electrons. The molecule has 0 spiro atoms. The highest BCUT2D eigenvalue weighted by molar-refractivity contribution is 7.47. The Morgan fingerprint density at radius 3 is 1.89 bits per heavy atom. The summed E-state index contributed by atoms with van der Waals surface area (Å²) in [4.78, 5) is 82.3. The molecular weight excluding hydrogens is 1460 g/mol. The van der Waals surface area contributed by atoms with Gasteiger partial charge < -0.3 is 88.0 Å². The molecule has 638 valence electrons. The molecule has 3 aliphatic heterocycles. The molecule has 0 aromatic carbocycles. The number of fused-ring (bicyclic) bond motifs is 5. The Labute approximate surface area is 659 Å². The number of aliphatic carboxylic acids is 1. The number of hydrogen-bond acceptors (Lipinski definition) is 25. The second-order valence-electron chi connectivity index (χ2n) is 33.0. The van der Waals surface area contributed by atoms with E-state index in [-0.39, 0.29) is 73.6 Å². The van der Waals surface area contributed by atoms with Gasteiger partial charge in [0.2, 0.25) is 6.61 Å². The monoisotopic (exact) mass is 1600 g/mol. The smallest absolute Gasteiger partial charge is 0.472 e. The number of phosphoric ester groups is 1. The van der Waals surface area contributed by atoms with E-state index in [1.54, 1.807) is 26.8 Å². The molecule has 28 nitrogen and oxygen atoms in total. The van der Waals surface area contributed by atoms with E-state index in [1.807, 2.05) is 0 Å². The van der Waals surface area contributed by atoms with Crippen molar-refractivity contribution in [1.29, 1.82) is 0 Å². The van der Waals surface area contributed by atoms with E-state index in [4.69, 9.17) is 66.5 Å². The maximum absolute atomic E-state index is 13.0. The highest BCUT2D eigenvalue weighted by Crippen LogP contribution is 2.70. The number of hydrogen-bond donors (Lipinski definition) is 7. The zero-order valence-electron chi connectivity index (χ0n) is 67.9. The molecule has 21 unspecified atom stereocenters. The minimum Gasteiger partial charge on any atom is -0.479 e. The number of amides is 1. The average Bonchev–Trinajstić information content (AvgIpc) is 1.58. The van der Waals surface area contributed by atoms with E-state index in [2.05, 4.69) is 43.3 Å². The van der Waals surface area contributed by atoms with Gasteiger partial charge in [-0.3, -0.25) is 23.4 Å². The topological polar surface area (TPSA) is 381 Å². The first-order valence-corrected chi connectivity index (χ1v) is 44.1. The van der Waals surface area contributed by atoms with Crippen LogP contribution in [0.5, 0.6) is 0 Å². The number of carbonyl (C=O) groups is 5. The first-order valence-electron chi connectivity index (χ1n) is 42.6. The van der Waals surface area contributed by atoms with Gasteiger partial charge in [-0.15, -0.1) is 0 Å². The summed E-state index contributed by atoms with van der Waals surface area (Å²) in [5, 5.41) is 66.5. The fourth-order valence-corrected chi connectivity index (χ4v) is 19.1. The van der Waals surface area contributed by atoms with E-state index in [1.165, 1.54) is 122 Å². The quantitative estimate of drug-likeness (QED) is 0.00435. The van der Waals surface area contributed by atoms with Gasteiger partial charge in [0, 0.05) is 49.9 Å². The van der Waals surface area contributed by atoms with Crippen molar-refractivity contribution >= 4 is 50.0 Å². The molecule has 1 amide bonds. The van der Waals surface area contributed by atoms with Crippen molar-refractivity contribution < 1.29 is 120 Å². The van der Waals surface area contributed by atoms with Gasteiger partial charge in [0.15, 0.2) is 31.6 Å². The Bertz CT molecular complexity index is 2880. The number of rotatable bonds is 56. The van der Waals surface area contributed by atoms with Crippen LogP contribution in [0.15, 0.2) is 22.0 Å². The zero-order chi connectivity index (χ0) is 80.2. The zero-order valence-corrected chi connectivity index (χ0v) is 68.7. The number of carboxylic acids is 1. The van der Waals surface area contributed by atoms with Crippen LogP contribution in [0.2, 0.25) is 0 Å². The molecule has 4 saturated carbocycles. The third-order valence-corrected chi connectivity index (χ3v) is 25.6. The highest BCUT2D eigenvalue weighted by atomic mass is 31.2. The van der Waals surface area contributed by atoms with Crippen LogP contribution in [0.3, 0.4) is 0 Å². The fraction of sp³-hybridized carbons (Fsp3) is 0.890. The number of nitrogens with one attached hydrogen (secondary N) is 1. The van der Waals surface area contributed by atoms with E-state index < -0.39 is 137 Å². The lowest BCUT2D eigenvalue weighted by atomic mass is 9.43. The number of cyclic esters (lactones) is 1. The highest BCUT2D eigenvalue weighted by Gasteiger charge is 2.68. The van der Waals surface area contributed by atoms with Gasteiger partial charge in [0.25, 0.3) is 5.91 Å². The molecule has 0 bridgehead atoms. The second kappa shape index (κ2) is 49.1. The van der Waals surface area contributed by atoms with Crippen LogP contribution in [0.4, 0.5) is 0 Å². The van der Waals surface area contributed by atoms with Crippen molar-refractivity contribution in [2.45, 2.75) is 384 Å². The van der Waals surface area contributed by atoms with E-state index in [0.29, 0.717) is 37.7 Å². The number of aliphatic hydroxyl groups excluding tert-OH is 3. The summed E-state index contributed by atoms with van der Waals surface area (Å²) < 4.78 is 77.4. The summed E-state index contributed by atoms with van der Waals surface area (Å²) in [6.45, 7) is 11.3. The molecule has 7 rings (SSSR count). The lowest BCUT2D eigenvalue weighted by Gasteiger charge is -2.64. The lowest BCUT2D eigenvalue weighted by molar-refractivity contribution is -0.348. The molecule has 7 aliphatic rings. The number of nitrogens with zero attached hydrogens (tertiary/aromatic N) is 2. The van der Waals surface area contributed by atoms with Crippen molar-refractivity contribution in [2.24, 2.45) is 44.8 Å². The predicted octanol–water partition coefficient (Wildman–Crippen LogP) is 13.2. The van der Waals surface area contributed by atoms with Crippen molar-refractivity contribution in [1.82, 2.24) is 5.32 Å². The largest absolute Gasteiger partial charge is 0.479 e. The van der Waals surface area contributed by atoms with Crippen molar-refractivity contribution in [3.8, 4) is 0 Å². The second-order valence-corrected chi connectivity index (χ2v) is 34.5. The van der Waals surface area contributed by atoms with Crippen molar-refractivity contribution in [3.63, 3.8) is 0 Å². The minimum atomic E-state index is -4.78. The van der Waals surface area contributed by atoms with Gasteiger partial charge in [-0.05, 0) is 126 Å². The van der Waals surface area contributed by atoms with Gasteiger partial charge in [-0.1, -0.05) is 192 Å². The molecule has 3 heterocycles.